The van der Waals surface area contributed by atoms with Crippen molar-refractivity contribution in [3.05, 3.63) is 35.5 Å². The van der Waals surface area contributed by atoms with Gasteiger partial charge in [0, 0.05) is 0 Å². The van der Waals surface area contributed by atoms with E-state index in [1.54, 1.807) is 10.9 Å². The number of nitrogens with zero attached hydrogens (tertiary/aromatic N) is 4. The molecular weight excluding hydrogens is 544 g/mol. The van der Waals surface area contributed by atoms with E-state index in [-0.39, 0.29) is 19.2 Å². The van der Waals surface area contributed by atoms with E-state index < -0.39 is 0 Å². The Balaban J connectivity index is 1.60. The fourth-order valence-corrected chi connectivity index (χ4v) is 2.96. The quantitative estimate of drug-likeness (QED) is 0.350. The molecule has 0 fully saturated rings. The van der Waals surface area contributed by atoms with Gasteiger partial charge in [-0.25, -0.2) is 0 Å². The molecule has 1 amide bonds. The van der Waals surface area contributed by atoms with Crippen LogP contribution in [-0.2, 0) is 30.7 Å². The number of fused-ring (bicyclic) bond motifs is 1. The molecule has 152 valence electrons. The first-order chi connectivity index (χ1) is 14.1. The Morgan fingerprint density at radius 1 is 1.31 bits per heavy atom. The van der Waals surface area contributed by atoms with Gasteiger partial charge in [-0.15, -0.1) is 0 Å². The van der Waals surface area contributed by atoms with Gasteiger partial charge >= 0.3 is 128 Å². The molecule has 0 saturated carbocycles. The van der Waals surface area contributed by atoms with Crippen LogP contribution in [-0.4, -0.2) is 46.6 Å². The number of nitrogens with one attached hydrogen (secondary N) is 2. The molecule has 0 spiro atoms. The number of aromatic nitrogens is 2. The van der Waals surface area contributed by atoms with Gasteiger partial charge in [0.1, 0.15) is 0 Å². The van der Waals surface area contributed by atoms with Crippen molar-refractivity contribution < 1.29 is 33.6 Å². The van der Waals surface area contributed by atoms with Gasteiger partial charge in [-0.05, 0) is 17.7 Å². The third-order valence-electron chi connectivity index (χ3n) is 4.14. The Kier molecular flexibility index (Phi) is 7.29. The molecule has 10 heteroatoms. The molecule has 0 atom stereocenters. The second-order valence-electron chi connectivity index (χ2n) is 6.20. The summed E-state index contributed by atoms with van der Waals surface area (Å²) in [6.07, 6.45) is 1.54. The molecular formula is C19H22N6O3W. The fourth-order valence-electron chi connectivity index (χ4n) is 2.74. The topological polar surface area (TPSA) is 101 Å². The average molecular weight is 566 g/mol. The first-order valence-corrected chi connectivity index (χ1v) is 10.8. The molecule has 0 aliphatic carbocycles. The zero-order chi connectivity index (χ0) is 20.6. The number of rotatable bonds is 9. The van der Waals surface area contributed by atoms with E-state index in [9.17, 15) is 4.79 Å². The maximum atomic E-state index is 12.5. The van der Waals surface area contributed by atoms with Crippen LogP contribution >= 0.6 is 0 Å². The maximum absolute atomic E-state index is 12.5. The Morgan fingerprint density at radius 3 is 2.93 bits per heavy atom. The third-order valence-corrected chi connectivity index (χ3v) is 4.57. The minimum absolute atomic E-state index is 0.0968. The molecule has 2 heterocycles. The fraction of sp³-hybridized carbons (Fsp3) is 0.316. The summed E-state index contributed by atoms with van der Waals surface area (Å²) in [4.78, 5) is 27.2. The number of carbonyl (C=O) groups is 1. The Bertz CT molecular complexity index is 921. The van der Waals surface area contributed by atoms with Gasteiger partial charge < -0.3 is 9.47 Å². The molecule has 29 heavy (non-hydrogen) atoms. The molecule has 1 aromatic carbocycles. The van der Waals surface area contributed by atoms with Gasteiger partial charge in [-0.3, -0.25) is 0 Å². The van der Waals surface area contributed by atoms with Crippen molar-refractivity contribution in [3.63, 3.8) is 0 Å². The van der Waals surface area contributed by atoms with E-state index >= 15 is 0 Å². The van der Waals surface area contributed by atoms with Crippen LogP contribution in [0.5, 0.6) is 11.5 Å². The zero-order valence-corrected chi connectivity index (χ0v) is 19.1. The predicted molar refractivity (Wildman–Crippen MR) is 107 cm³/mol. The van der Waals surface area contributed by atoms with Crippen molar-refractivity contribution >= 4 is 28.5 Å². The number of hydrogen-bond acceptors (Lipinski definition) is 7. The van der Waals surface area contributed by atoms with Crippen molar-refractivity contribution in [1.29, 1.82) is 0 Å². The van der Waals surface area contributed by atoms with Crippen LogP contribution in [0.3, 0.4) is 0 Å². The first-order valence-electron chi connectivity index (χ1n) is 9.06. The normalized spacial score (nSPS) is 12.1. The van der Waals surface area contributed by atoms with Crippen molar-refractivity contribution in [2.24, 2.45) is 4.99 Å². The van der Waals surface area contributed by atoms with Gasteiger partial charge in [0.05, 0.1) is 0 Å². The Hall–Kier alpha value is -2.80. The minimum atomic E-state index is -0.0968. The number of aliphatic imine (C=N–C) groups is 1. The molecule has 0 unspecified atom stereocenters. The molecule has 9 nitrogen and oxygen atoms in total. The number of likely N-dealkylation sites (N-methyl/N-ethyl adjacent to an activating group) is 1. The van der Waals surface area contributed by atoms with E-state index in [1.165, 1.54) is 19.4 Å². The SMILES string of the molecule is CCN(CC(=O)NCc1ccc2c(c1)OCO2)c1cc(C)nc(NC=N[CH]=[W])n1. The second kappa shape index (κ2) is 10.1. The van der Waals surface area contributed by atoms with Crippen LogP contribution in [0.4, 0.5) is 11.8 Å². The summed E-state index contributed by atoms with van der Waals surface area (Å²) in [7, 11) is 0. The first kappa shape index (κ1) is 20.9. The summed E-state index contributed by atoms with van der Waals surface area (Å²) < 4.78 is 12.4. The van der Waals surface area contributed by atoms with Gasteiger partial charge in [-0.2, -0.15) is 0 Å². The molecule has 1 aromatic heterocycles. The van der Waals surface area contributed by atoms with Crippen LogP contribution in [0, 0.1) is 6.92 Å². The summed E-state index contributed by atoms with van der Waals surface area (Å²) in [5.41, 5.74) is 1.75. The van der Waals surface area contributed by atoms with Crippen molar-refractivity contribution in [1.82, 2.24) is 15.3 Å². The summed E-state index contributed by atoms with van der Waals surface area (Å²) in [5, 5.41) is 5.88. The predicted octanol–water partition coefficient (Wildman–Crippen LogP) is 1.40. The Morgan fingerprint density at radius 2 is 2.14 bits per heavy atom. The van der Waals surface area contributed by atoms with Crippen molar-refractivity contribution in [3.8, 4) is 11.5 Å². The second-order valence-corrected chi connectivity index (χ2v) is 6.95. The summed E-state index contributed by atoms with van der Waals surface area (Å²) >= 11 is 1.26. The number of anilines is 2. The summed E-state index contributed by atoms with van der Waals surface area (Å²) in [5.74, 6) is 2.46. The van der Waals surface area contributed by atoms with Gasteiger partial charge in [0.2, 0.25) is 6.79 Å². The molecule has 0 saturated heterocycles. The van der Waals surface area contributed by atoms with Crippen molar-refractivity contribution in [2.45, 2.75) is 20.4 Å². The van der Waals surface area contributed by atoms with Gasteiger partial charge in [0.25, 0.3) is 0 Å². The number of aryl methyl sites for hydroxylation is 1. The Labute approximate surface area is 180 Å². The van der Waals surface area contributed by atoms with E-state index in [1.807, 2.05) is 43.0 Å². The summed E-state index contributed by atoms with van der Waals surface area (Å²) in [6.45, 7) is 5.33. The standard InChI is InChI=1S/C19H22N6O3.W/c1-4-25(17-7-13(2)23-19(24-17)22-11-20-3)10-18(26)21-9-14-5-6-15-16(8-14)28-12-27-15;/h3,5-8,11H,4,9-10,12H2,1-2H3,(H,21,26)(H,22,23,24);. The van der Waals surface area contributed by atoms with E-state index in [0.29, 0.717) is 30.6 Å². The van der Waals surface area contributed by atoms with Crippen LogP contribution in [0.1, 0.15) is 18.2 Å². The molecule has 2 N–H and O–H groups in total. The number of amides is 1. The molecule has 1 aliphatic heterocycles. The third kappa shape index (κ3) is 5.84. The van der Waals surface area contributed by atoms with Crippen molar-refractivity contribution in [2.75, 3.05) is 30.1 Å². The van der Waals surface area contributed by atoms with Crippen LogP contribution < -0.4 is 25.0 Å². The zero-order valence-electron chi connectivity index (χ0n) is 16.2. The molecule has 1 aliphatic rings. The number of hydrogen-bond donors (Lipinski definition) is 2. The van der Waals surface area contributed by atoms with Gasteiger partial charge in [-0.1, -0.05) is 6.07 Å². The van der Waals surface area contributed by atoms with E-state index in [4.69, 9.17) is 9.47 Å². The monoisotopic (exact) mass is 566 g/mol. The molecule has 0 radical (unpaired) electrons. The molecule has 3 rings (SSSR count). The van der Waals surface area contributed by atoms with E-state index in [2.05, 4.69) is 25.6 Å². The van der Waals surface area contributed by atoms with Crippen LogP contribution in [0.2, 0.25) is 0 Å². The average Bonchev–Trinajstić information content (AvgIpc) is 3.18. The summed E-state index contributed by atoms with van der Waals surface area (Å²) in [6, 6.07) is 7.49. The molecule has 0 bridgehead atoms. The number of ether oxygens (including phenoxy) is 2. The molecule has 2 aromatic rings. The van der Waals surface area contributed by atoms with E-state index in [0.717, 1.165) is 17.0 Å². The van der Waals surface area contributed by atoms with Crippen LogP contribution in [0.15, 0.2) is 29.3 Å². The number of carbonyl (C=O) groups excluding carboxylic acids is 1. The van der Waals surface area contributed by atoms with Gasteiger partial charge in [0.15, 0.2) is 11.5 Å². The van der Waals surface area contributed by atoms with Crippen LogP contribution in [0.25, 0.3) is 0 Å². The number of benzene rings is 1.